The normalized spacial score (nSPS) is 22.5. The lowest BCUT2D eigenvalue weighted by Crippen LogP contribution is -2.48. The van der Waals surface area contributed by atoms with Crippen molar-refractivity contribution >= 4 is 11.8 Å². The Balaban J connectivity index is 2.47. The van der Waals surface area contributed by atoms with Crippen molar-refractivity contribution in [1.82, 2.24) is 15.1 Å². The lowest BCUT2D eigenvalue weighted by Gasteiger charge is -2.27. The largest absolute Gasteiger partial charge is 0.387 e. The summed E-state index contributed by atoms with van der Waals surface area (Å²) in [5.74, 6) is -0.430. The Hall–Kier alpha value is -1.14. The number of nitrogens with one attached hydrogen (secondary N) is 1. The molecule has 0 saturated carbocycles. The molecule has 0 spiro atoms. The molecule has 116 valence electrons. The Morgan fingerprint density at radius 2 is 2.15 bits per heavy atom. The maximum atomic E-state index is 12.1. The molecule has 20 heavy (non-hydrogen) atoms. The average molecular weight is 285 g/mol. The van der Waals surface area contributed by atoms with E-state index >= 15 is 0 Å². The van der Waals surface area contributed by atoms with Crippen LogP contribution in [0, 0.1) is 5.92 Å². The first-order chi connectivity index (χ1) is 9.12. The molecule has 1 aliphatic rings. The van der Waals surface area contributed by atoms with Gasteiger partial charge in [-0.3, -0.25) is 9.59 Å². The highest BCUT2D eigenvalue weighted by molar-refractivity contribution is 5.89. The van der Waals surface area contributed by atoms with Gasteiger partial charge in [-0.25, -0.2) is 0 Å². The van der Waals surface area contributed by atoms with Crippen LogP contribution in [0.2, 0.25) is 0 Å². The molecule has 1 rings (SSSR count). The topological polar surface area (TPSA) is 72.9 Å². The molecular formula is C14H27N3O3. The molecule has 6 nitrogen and oxygen atoms in total. The van der Waals surface area contributed by atoms with Crippen LogP contribution in [0.1, 0.15) is 27.2 Å². The molecule has 2 N–H and O–H groups in total. The fourth-order valence-corrected chi connectivity index (χ4v) is 2.57. The van der Waals surface area contributed by atoms with Crippen molar-refractivity contribution in [2.24, 2.45) is 5.92 Å². The summed E-state index contributed by atoms with van der Waals surface area (Å²) in [6.07, 6.45) is 0.264. The van der Waals surface area contributed by atoms with Gasteiger partial charge in [-0.15, -0.1) is 0 Å². The Morgan fingerprint density at radius 1 is 1.55 bits per heavy atom. The summed E-state index contributed by atoms with van der Waals surface area (Å²) in [6.45, 7) is 6.71. The second-order valence-corrected chi connectivity index (χ2v) is 6.49. The summed E-state index contributed by atoms with van der Waals surface area (Å²) < 4.78 is 0. The molecule has 0 bridgehead atoms. The van der Waals surface area contributed by atoms with Gasteiger partial charge in [0.05, 0.1) is 11.5 Å². The summed E-state index contributed by atoms with van der Waals surface area (Å²) in [6, 6.07) is 0.122. The first-order valence-electron chi connectivity index (χ1n) is 7.06. The van der Waals surface area contributed by atoms with Gasteiger partial charge in [0.2, 0.25) is 11.8 Å². The standard InChI is InChI=1S/C14H27N3O3/c1-10(2)17-7-11(6-12(17)18)13(19)15-8-14(3,20)9-16(4)5/h10-11,20H,6-9H2,1-5H3,(H,15,19). The number of nitrogens with zero attached hydrogens (tertiary/aromatic N) is 2. The molecule has 0 aliphatic carbocycles. The van der Waals surface area contributed by atoms with Gasteiger partial charge in [-0.05, 0) is 34.9 Å². The SMILES string of the molecule is CC(C)N1CC(C(=O)NCC(C)(O)CN(C)C)CC1=O. The van der Waals surface area contributed by atoms with E-state index < -0.39 is 5.60 Å². The molecule has 2 unspecified atom stereocenters. The zero-order chi connectivity index (χ0) is 15.5. The van der Waals surface area contributed by atoms with Crippen LogP contribution in [0.3, 0.4) is 0 Å². The van der Waals surface area contributed by atoms with E-state index in [2.05, 4.69) is 5.32 Å². The van der Waals surface area contributed by atoms with Crippen molar-refractivity contribution < 1.29 is 14.7 Å². The molecule has 2 atom stereocenters. The molecule has 0 radical (unpaired) electrons. The molecule has 0 aromatic heterocycles. The highest BCUT2D eigenvalue weighted by Crippen LogP contribution is 2.20. The monoisotopic (exact) mass is 285 g/mol. The lowest BCUT2D eigenvalue weighted by molar-refractivity contribution is -0.130. The molecule has 6 heteroatoms. The van der Waals surface area contributed by atoms with E-state index in [9.17, 15) is 14.7 Å². The average Bonchev–Trinajstić information content (AvgIpc) is 2.66. The zero-order valence-corrected chi connectivity index (χ0v) is 13.1. The number of hydrogen-bond acceptors (Lipinski definition) is 4. The van der Waals surface area contributed by atoms with Crippen molar-refractivity contribution in [2.75, 3.05) is 33.7 Å². The van der Waals surface area contributed by atoms with E-state index in [4.69, 9.17) is 0 Å². The Bertz CT molecular complexity index is 367. The van der Waals surface area contributed by atoms with Crippen molar-refractivity contribution in [2.45, 2.75) is 38.8 Å². The lowest BCUT2D eigenvalue weighted by atomic mass is 10.0. The number of likely N-dealkylation sites (N-methyl/N-ethyl adjacent to an activating group) is 1. The van der Waals surface area contributed by atoms with Gasteiger partial charge in [-0.1, -0.05) is 0 Å². The maximum absolute atomic E-state index is 12.1. The van der Waals surface area contributed by atoms with Crippen molar-refractivity contribution in [1.29, 1.82) is 0 Å². The first-order valence-corrected chi connectivity index (χ1v) is 7.06. The highest BCUT2D eigenvalue weighted by atomic mass is 16.3. The summed E-state index contributed by atoms with van der Waals surface area (Å²) in [5.41, 5.74) is -0.973. The third kappa shape index (κ3) is 4.76. The number of hydrogen-bond donors (Lipinski definition) is 2. The van der Waals surface area contributed by atoms with E-state index in [0.29, 0.717) is 13.1 Å². The van der Waals surface area contributed by atoms with E-state index in [-0.39, 0.29) is 36.7 Å². The van der Waals surface area contributed by atoms with Crippen LogP contribution in [0.4, 0.5) is 0 Å². The fourth-order valence-electron chi connectivity index (χ4n) is 2.57. The minimum absolute atomic E-state index is 0.0280. The number of amides is 2. The predicted molar refractivity (Wildman–Crippen MR) is 77.1 cm³/mol. The van der Waals surface area contributed by atoms with Crippen LogP contribution in [-0.4, -0.2) is 72.1 Å². The molecule has 2 amide bonds. The van der Waals surface area contributed by atoms with Crippen molar-refractivity contribution in [3.05, 3.63) is 0 Å². The van der Waals surface area contributed by atoms with Gasteiger partial charge in [0.15, 0.2) is 0 Å². The van der Waals surface area contributed by atoms with Gasteiger partial charge in [0.1, 0.15) is 0 Å². The molecule has 1 aliphatic heterocycles. The summed E-state index contributed by atoms with van der Waals surface area (Å²) in [4.78, 5) is 27.4. The fraction of sp³-hybridized carbons (Fsp3) is 0.857. The van der Waals surface area contributed by atoms with E-state index in [1.165, 1.54) is 0 Å². The quantitative estimate of drug-likeness (QED) is 0.701. The van der Waals surface area contributed by atoms with Gasteiger partial charge < -0.3 is 20.2 Å². The van der Waals surface area contributed by atoms with E-state index in [1.54, 1.807) is 11.8 Å². The zero-order valence-electron chi connectivity index (χ0n) is 13.1. The van der Waals surface area contributed by atoms with Gasteiger partial charge in [0.25, 0.3) is 0 Å². The third-order valence-electron chi connectivity index (χ3n) is 3.45. The van der Waals surface area contributed by atoms with Crippen LogP contribution in [0.25, 0.3) is 0 Å². The van der Waals surface area contributed by atoms with Crippen molar-refractivity contribution in [3.8, 4) is 0 Å². The first kappa shape index (κ1) is 16.9. The number of aliphatic hydroxyl groups is 1. The second-order valence-electron chi connectivity index (χ2n) is 6.49. The number of rotatable bonds is 6. The summed E-state index contributed by atoms with van der Waals surface area (Å²) in [5, 5.41) is 12.9. The predicted octanol–water partition coefficient (Wildman–Crippen LogP) is -0.328. The van der Waals surface area contributed by atoms with Crippen LogP contribution in [0.5, 0.6) is 0 Å². The molecule has 1 heterocycles. The number of likely N-dealkylation sites (tertiary alicyclic amines) is 1. The van der Waals surface area contributed by atoms with E-state index in [1.807, 2.05) is 32.8 Å². The summed E-state index contributed by atoms with van der Waals surface area (Å²) >= 11 is 0. The van der Waals surface area contributed by atoms with Crippen molar-refractivity contribution in [3.63, 3.8) is 0 Å². The Kier molecular flexibility index (Phi) is 5.53. The smallest absolute Gasteiger partial charge is 0.225 e. The molecule has 0 aromatic carbocycles. The minimum Gasteiger partial charge on any atom is -0.387 e. The minimum atomic E-state index is -0.973. The third-order valence-corrected chi connectivity index (χ3v) is 3.45. The Morgan fingerprint density at radius 3 is 2.60 bits per heavy atom. The van der Waals surface area contributed by atoms with Crippen LogP contribution < -0.4 is 5.32 Å². The summed E-state index contributed by atoms with van der Waals surface area (Å²) in [7, 11) is 3.74. The molecule has 1 fully saturated rings. The molecule has 1 saturated heterocycles. The van der Waals surface area contributed by atoms with Gasteiger partial charge in [-0.2, -0.15) is 0 Å². The Labute approximate surface area is 121 Å². The second kappa shape index (κ2) is 6.54. The van der Waals surface area contributed by atoms with Crippen LogP contribution >= 0.6 is 0 Å². The van der Waals surface area contributed by atoms with Crippen LogP contribution in [0.15, 0.2) is 0 Å². The number of carbonyl (C=O) groups excluding carboxylic acids is 2. The number of carbonyl (C=O) groups is 2. The van der Waals surface area contributed by atoms with Gasteiger partial charge in [0, 0.05) is 32.1 Å². The molecule has 0 aromatic rings. The van der Waals surface area contributed by atoms with E-state index in [0.717, 1.165) is 0 Å². The molecular weight excluding hydrogens is 258 g/mol. The highest BCUT2D eigenvalue weighted by Gasteiger charge is 2.36. The van der Waals surface area contributed by atoms with Crippen LogP contribution in [-0.2, 0) is 9.59 Å². The maximum Gasteiger partial charge on any atom is 0.225 e. The van der Waals surface area contributed by atoms with Gasteiger partial charge >= 0.3 is 0 Å².